The van der Waals surface area contributed by atoms with Gasteiger partial charge in [-0.2, -0.15) is 0 Å². The first-order chi connectivity index (χ1) is 15.4. The molecule has 166 valence electrons. The Morgan fingerprint density at radius 3 is 2.69 bits per heavy atom. The molecule has 1 saturated carbocycles. The molecule has 1 fully saturated rings. The molecule has 2 aromatic heterocycles. The van der Waals surface area contributed by atoms with Crippen molar-refractivity contribution in [3.05, 3.63) is 50.1 Å². The van der Waals surface area contributed by atoms with Crippen LogP contribution in [0.2, 0.25) is 0 Å². The van der Waals surface area contributed by atoms with Gasteiger partial charge in [-0.1, -0.05) is 6.92 Å². The van der Waals surface area contributed by atoms with E-state index in [0.29, 0.717) is 22.6 Å². The number of hydrogen-bond donors (Lipinski definition) is 1. The summed E-state index contributed by atoms with van der Waals surface area (Å²) in [6, 6.07) is 3.90. The Morgan fingerprint density at radius 2 is 2.00 bits per heavy atom. The summed E-state index contributed by atoms with van der Waals surface area (Å²) >= 11 is 1.64. The molecule has 32 heavy (non-hydrogen) atoms. The summed E-state index contributed by atoms with van der Waals surface area (Å²) in [5, 5.41) is 0.420. The van der Waals surface area contributed by atoms with Gasteiger partial charge in [0.25, 0.3) is 0 Å². The minimum Gasteiger partial charge on any atom is -0.494 e. The van der Waals surface area contributed by atoms with E-state index in [0.717, 1.165) is 52.1 Å². The number of fused-ring (bicyclic) bond motifs is 2. The fourth-order valence-corrected chi connectivity index (χ4v) is 5.83. The second-order valence-corrected chi connectivity index (χ2v) is 9.71. The minimum absolute atomic E-state index is 0.0120. The first kappa shape index (κ1) is 20.9. The molecule has 2 aliphatic carbocycles. The quantitative estimate of drug-likeness (QED) is 0.547. The Labute approximate surface area is 189 Å². The summed E-state index contributed by atoms with van der Waals surface area (Å²) in [7, 11) is 1.59. The van der Waals surface area contributed by atoms with Crippen LogP contribution in [-0.2, 0) is 11.2 Å². The van der Waals surface area contributed by atoms with Crippen LogP contribution >= 0.6 is 11.3 Å². The molecule has 0 amide bonds. The topological polar surface area (TPSA) is 85.5 Å². The van der Waals surface area contributed by atoms with Crippen LogP contribution in [0.25, 0.3) is 21.3 Å². The van der Waals surface area contributed by atoms with Crippen LogP contribution in [0, 0.1) is 5.92 Å². The van der Waals surface area contributed by atoms with Crippen molar-refractivity contribution in [2.75, 3.05) is 13.7 Å². The number of aryl methyl sites for hydroxylation is 1. The van der Waals surface area contributed by atoms with E-state index in [4.69, 9.17) is 9.47 Å². The van der Waals surface area contributed by atoms with Gasteiger partial charge in [-0.15, -0.1) is 11.3 Å². The molecule has 2 aliphatic rings. The zero-order chi connectivity index (χ0) is 22.6. The number of carbonyl (C=O) groups is 2. The zero-order valence-corrected chi connectivity index (χ0v) is 19.2. The van der Waals surface area contributed by atoms with Gasteiger partial charge in [0.2, 0.25) is 5.43 Å². The van der Waals surface area contributed by atoms with Crippen molar-refractivity contribution in [2.45, 2.75) is 45.4 Å². The number of rotatable bonds is 5. The van der Waals surface area contributed by atoms with Gasteiger partial charge in [0.05, 0.1) is 24.6 Å². The molecule has 0 saturated heterocycles. The van der Waals surface area contributed by atoms with Crippen LogP contribution in [0.5, 0.6) is 5.75 Å². The molecule has 1 N–H and O–H groups in total. The number of thiophene rings is 1. The smallest absolute Gasteiger partial charge is 0.343 e. The lowest BCUT2D eigenvalue weighted by molar-refractivity contribution is 0.0524. The molecule has 2 heterocycles. The number of hydrogen-bond acceptors (Lipinski definition) is 6. The molecule has 1 aromatic carbocycles. The average molecular weight is 452 g/mol. The highest BCUT2D eigenvalue weighted by Gasteiger charge is 2.33. The largest absolute Gasteiger partial charge is 0.494 e. The van der Waals surface area contributed by atoms with Crippen molar-refractivity contribution in [1.82, 2.24) is 4.98 Å². The zero-order valence-electron chi connectivity index (χ0n) is 18.4. The van der Waals surface area contributed by atoms with E-state index >= 15 is 0 Å². The lowest BCUT2D eigenvalue weighted by Crippen LogP contribution is -2.18. The maximum Gasteiger partial charge on any atom is 0.343 e. The van der Waals surface area contributed by atoms with E-state index in [1.165, 1.54) is 6.20 Å². The van der Waals surface area contributed by atoms with E-state index in [9.17, 15) is 14.4 Å². The molecule has 0 bridgehead atoms. The summed E-state index contributed by atoms with van der Waals surface area (Å²) < 4.78 is 10.9. The van der Waals surface area contributed by atoms with Crippen LogP contribution < -0.4 is 10.2 Å². The van der Waals surface area contributed by atoms with Crippen LogP contribution in [-0.4, -0.2) is 30.5 Å². The second-order valence-electron chi connectivity index (χ2n) is 8.57. The van der Waals surface area contributed by atoms with Crippen molar-refractivity contribution in [1.29, 1.82) is 0 Å². The predicted molar refractivity (Wildman–Crippen MR) is 124 cm³/mol. The van der Waals surface area contributed by atoms with Gasteiger partial charge < -0.3 is 14.5 Å². The van der Waals surface area contributed by atoms with Gasteiger partial charge in [-0.05, 0) is 56.2 Å². The maximum absolute atomic E-state index is 13.2. The van der Waals surface area contributed by atoms with E-state index in [2.05, 4.69) is 4.98 Å². The number of methoxy groups -OCH3 is 1. The highest BCUT2D eigenvalue weighted by atomic mass is 32.1. The lowest BCUT2D eigenvalue weighted by Gasteiger charge is -2.16. The maximum atomic E-state index is 13.2. The first-order valence-corrected chi connectivity index (χ1v) is 11.9. The fraction of sp³-hybridized carbons (Fsp3) is 0.400. The molecule has 1 unspecified atom stereocenters. The highest BCUT2D eigenvalue weighted by molar-refractivity contribution is 7.16. The molecular weight excluding hydrogens is 426 g/mol. The third-order valence-electron chi connectivity index (χ3n) is 6.45. The monoisotopic (exact) mass is 451 g/mol. The molecule has 0 radical (unpaired) electrons. The molecule has 5 rings (SSSR count). The van der Waals surface area contributed by atoms with Crippen LogP contribution in [0.4, 0.5) is 0 Å². The number of ether oxygens (including phenoxy) is 2. The number of pyridine rings is 1. The van der Waals surface area contributed by atoms with Gasteiger partial charge in [0.1, 0.15) is 5.56 Å². The molecule has 7 heteroatoms. The van der Waals surface area contributed by atoms with E-state index in [1.54, 1.807) is 25.4 Å². The first-order valence-electron chi connectivity index (χ1n) is 11.0. The summed E-state index contributed by atoms with van der Waals surface area (Å²) in [5.74, 6) is 0.530. The number of esters is 1. The van der Waals surface area contributed by atoms with Gasteiger partial charge in [0.15, 0.2) is 11.5 Å². The minimum atomic E-state index is -0.634. The molecular formula is C25H25NO5S. The van der Waals surface area contributed by atoms with Gasteiger partial charge in [0, 0.05) is 33.0 Å². The van der Waals surface area contributed by atoms with E-state index < -0.39 is 5.97 Å². The second kappa shape index (κ2) is 7.89. The van der Waals surface area contributed by atoms with Crippen molar-refractivity contribution < 1.29 is 19.1 Å². The Morgan fingerprint density at radius 1 is 1.22 bits per heavy atom. The van der Waals surface area contributed by atoms with E-state index in [-0.39, 0.29) is 29.3 Å². The van der Waals surface area contributed by atoms with Crippen LogP contribution in [0.3, 0.4) is 0 Å². The van der Waals surface area contributed by atoms with E-state index in [1.807, 2.05) is 19.1 Å². The summed E-state index contributed by atoms with van der Waals surface area (Å²) in [4.78, 5) is 43.4. The third kappa shape index (κ3) is 3.26. The van der Waals surface area contributed by atoms with Crippen molar-refractivity contribution in [3.8, 4) is 16.2 Å². The number of benzene rings is 1. The molecule has 0 aliphatic heterocycles. The highest BCUT2D eigenvalue weighted by Crippen LogP contribution is 2.51. The lowest BCUT2D eigenvalue weighted by atomic mass is 9.88. The number of Topliss-reactive ketones (excluding diaryl/α,β-unsaturated/α-hetero) is 1. The normalized spacial score (nSPS) is 18.0. The number of H-pyrrole nitrogens is 1. The fourth-order valence-electron chi connectivity index (χ4n) is 4.58. The van der Waals surface area contributed by atoms with Gasteiger partial charge >= 0.3 is 5.97 Å². The Kier molecular flexibility index (Phi) is 5.16. The van der Waals surface area contributed by atoms with Gasteiger partial charge in [-0.3, -0.25) is 9.59 Å². The number of ketones is 1. The average Bonchev–Trinajstić information content (AvgIpc) is 3.54. The third-order valence-corrected chi connectivity index (χ3v) is 7.66. The van der Waals surface area contributed by atoms with Crippen molar-refractivity contribution >= 4 is 34.0 Å². The molecule has 3 aromatic rings. The summed E-state index contributed by atoms with van der Waals surface area (Å²) in [6.07, 6.45) is 5.26. The number of aromatic nitrogens is 1. The van der Waals surface area contributed by atoms with Crippen molar-refractivity contribution in [2.24, 2.45) is 5.92 Å². The summed E-state index contributed by atoms with van der Waals surface area (Å²) in [6.45, 7) is 3.90. The number of aromatic amines is 1. The molecule has 0 spiro atoms. The van der Waals surface area contributed by atoms with Gasteiger partial charge in [-0.25, -0.2) is 4.79 Å². The SMILES string of the molecule is CCOC(=O)c1c[nH]c2c(OC)c(-c3cc4c(s3)CCC(C)C4=O)c(C3CC3)cc2c1=O. The number of nitrogens with one attached hydrogen (secondary N) is 1. The summed E-state index contributed by atoms with van der Waals surface area (Å²) in [5.41, 5.74) is 2.98. The Hall–Kier alpha value is -2.93. The molecule has 1 atom stereocenters. The Bertz CT molecular complexity index is 1310. The Balaban J connectivity index is 1.75. The number of carbonyl (C=O) groups excluding carboxylic acids is 2. The molecule has 6 nitrogen and oxygen atoms in total. The predicted octanol–water partition coefficient (Wildman–Crippen LogP) is 5.08. The van der Waals surface area contributed by atoms with Crippen LogP contribution in [0.1, 0.15) is 70.2 Å². The standard InChI is InChI=1S/C25H25NO5S/c1-4-31-25(29)17-11-26-21-16(23(17)28)9-14(13-6-7-13)20(24(21)30-3)19-10-15-18(32-19)8-5-12(2)22(15)27/h9-13H,4-8H2,1-3H3,(H,26,28). The van der Waals surface area contributed by atoms with Crippen LogP contribution in [0.15, 0.2) is 23.1 Å². The van der Waals surface area contributed by atoms with Crippen molar-refractivity contribution in [3.63, 3.8) is 0 Å².